The first kappa shape index (κ1) is 30.8. The zero-order valence-electron chi connectivity index (χ0n) is 22.0. The number of hydrogen-bond donors (Lipinski definition) is 1. The molecule has 0 aromatic heterocycles. The number of fused-ring (bicyclic) bond motifs is 1. The number of amides is 1. The van der Waals surface area contributed by atoms with Crippen molar-refractivity contribution in [2.75, 3.05) is 25.6 Å². The molecule has 1 aliphatic rings. The lowest BCUT2D eigenvalue weighted by molar-refractivity contribution is 0.174. The Labute approximate surface area is 216 Å². The number of nitrogens with zero attached hydrogens (tertiary/aromatic N) is 1. The molecule has 5 nitrogen and oxygen atoms in total. The second-order valence-corrected chi connectivity index (χ2v) is 11.9. The van der Waals surface area contributed by atoms with Crippen LogP contribution in [0.15, 0.2) is 18.2 Å². The molecule has 0 radical (unpaired) electrons. The van der Waals surface area contributed by atoms with E-state index in [1.165, 1.54) is 37.7 Å². The molecule has 1 amide bonds. The summed E-state index contributed by atoms with van der Waals surface area (Å²) in [7, 11) is -0.743. The van der Waals surface area contributed by atoms with Gasteiger partial charge in [-0.2, -0.15) is 0 Å². The number of ether oxygens (including phenoxy) is 2. The van der Waals surface area contributed by atoms with Gasteiger partial charge in [0.05, 0.1) is 0 Å². The zero-order chi connectivity index (χ0) is 25.3. The molecule has 196 valence electrons. The van der Waals surface area contributed by atoms with Gasteiger partial charge in [-0.05, 0) is 42.9 Å². The third kappa shape index (κ3) is 13.0. The topological polar surface area (TPSA) is 55.8 Å². The lowest BCUT2D eigenvalue weighted by Gasteiger charge is -2.21. The lowest BCUT2D eigenvalue weighted by atomic mass is 10.1. The summed E-state index contributed by atoms with van der Waals surface area (Å²) in [5.74, 6) is 2.98. The van der Waals surface area contributed by atoms with Gasteiger partial charge in [0.1, 0.15) is 0 Å². The molecule has 2 rings (SSSR count). The molecule has 0 aliphatic carbocycles. The predicted octanol–water partition coefficient (Wildman–Crippen LogP) is 7.25. The van der Waals surface area contributed by atoms with Crippen LogP contribution in [0.5, 0.6) is 11.5 Å². The first-order valence-electron chi connectivity index (χ1n) is 13.0. The molecule has 0 bridgehead atoms. The van der Waals surface area contributed by atoms with Crippen molar-refractivity contribution in [3.05, 3.63) is 23.8 Å². The first-order chi connectivity index (χ1) is 16.3. The van der Waals surface area contributed by atoms with Crippen molar-refractivity contribution in [1.82, 2.24) is 4.90 Å². The van der Waals surface area contributed by atoms with Crippen molar-refractivity contribution < 1.29 is 18.5 Å². The summed E-state index contributed by atoms with van der Waals surface area (Å²) < 4.78 is 23.0. The van der Waals surface area contributed by atoms with Crippen molar-refractivity contribution >= 4 is 28.7 Å². The Kier molecular flexibility index (Phi) is 16.4. The minimum Gasteiger partial charge on any atom is -0.454 e. The van der Waals surface area contributed by atoms with Crippen LogP contribution in [0.4, 0.5) is 4.79 Å². The number of thiol groups is 1. The maximum atomic E-state index is 12.3. The second-order valence-electron chi connectivity index (χ2n) is 9.53. The summed E-state index contributed by atoms with van der Waals surface area (Å²) in [4.78, 5) is 12.8. The van der Waals surface area contributed by atoms with Gasteiger partial charge in [0.2, 0.25) is 6.79 Å². The van der Waals surface area contributed by atoms with Gasteiger partial charge in [0, 0.05) is 34.9 Å². The van der Waals surface area contributed by atoms with Crippen LogP contribution in [0.1, 0.15) is 91.5 Å². The Morgan fingerprint density at radius 1 is 1.00 bits per heavy atom. The smallest absolute Gasteiger partial charge is 0.278 e. The fourth-order valence-corrected chi connectivity index (χ4v) is 5.22. The van der Waals surface area contributed by atoms with Crippen LogP contribution in [-0.2, 0) is 17.2 Å². The average molecular weight is 514 g/mol. The molecule has 0 saturated heterocycles. The molecule has 2 unspecified atom stereocenters. The molecular weight excluding hydrogens is 466 g/mol. The van der Waals surface area contributed by atoms with Gasteiger partial charge in [-0.25, -0.2) is 0 Å². The third-order valence-corrected chi connectivity index (χ3v) is 7.78. The molecule has 34 heavy (non-hydrogen) atoms. The highest BCUT2D eigenvalue weighted by Crippen LogP contribution is 2.33. The molecule has 1 heterocycles. The number of unbranched alkanes of at least 4 members (excludes halogenated alkanes) is 6. The van der Waals surface area contributed by atoms with E-state index in [1.54, 1.807) is 4.90 Å². The van der Waals surface area contributed by atoms with E-state index < -0.39 is 10.8 Å². The fraction of sp³-hybridized carbons (Fsp3) is 0.741. The van der Waals surface area contributed by atoms with Crippen molar-refractivity contribution in [2.24, 2.45) is 5.92 Å². The fourth-order valence-electron chi connectivity index (χ4n) is 3.77. The summed E-state index contributed by atoms with van der Waals surface area (Å²) >= 11 is 3.83. The van der Waals surface area contributed by atoms with E-state index in [1.807, 2.05) is 18.2 Å². The third-order valence-electron chi connectivity index (χ3n) is 5.75. The van der Waals surface area contributed by atoms with Gasteiger partial charge in [0.25, 0.3) is 5.24 Å². The maximum absolute atomic E-state index is 12.3. The minimum absolute atomic E-state index is 0.0999. The van der Waals surface area contributed by atoms with E-state index in [0.29, 0.717) is 12.7 Å². The largest absolute Gasteiger partial charge is 0.454 e. The number of rotatable bonds is 15. The van der Waals surface area contributed by atoms with Crippen LogP contribution < -0.4 is 9.47 Å². The zero-order valence-corrected chi connectivity index (χ0v) is 23.7. The molecule has 0 fully saturated rings. The monoisotopic (exact) mass is 513 g/mol. The molecule has 0 spiro atoms. The van der Waals surface area contributed by atoms with Crippen LogP contribution in [-0.4, -0.2) is 45.2 Å². The molecule has 1 aromatic rings. The Balaban J connectivity index is 0.000000411. The predicted molar refractivity (Wildman–Crippen MR) is 148 cm³/mol. The molecule has 2 atom stereocenters. The second kappa shape index (κ2) is 18.1. The summed E-state index contributed by atoms with van der Waals surface area (Å²) in [6.45, 7) is 12.6. The summed E-state index contributed by atoms with van der Waals surface area (Å²) in [5.41, 5.74) is 1.17. The molecule has 0 N–H and O–H groups in total. The number of carbonyl (C=O) groups is 1. The number of benzene rings is 1. The standard InChI is InChI=1S/C18H28O3S.C9H19NOS/c1-3-4-5-6-7-8-11-22(19)15(2)12-16-9-10-17-18(13-16)21-14-20-17;1-4-5-6-10(9(11)12)7-8(2)3/h9-10,13,15H,3-8,11-12,14H2,1-2H3;8H,4-7H2,1-3H3,(H,11,12). The highest BCUT2D eigenvalue weighted by atomic mass is 32.2. The quantitative estimate of drug-likeness (QED) is 0.198. The summed E-state index contributed by atoms with van der Waals surface area (Å²) in [5, 5.41) is 0.0909. The average Bonchev–Trinajstić information content (AvgIpc) is 3.26. The number of carbonyl (C=O) groups excluding carboxylic acids is 1. The van der Waals surface area contributed by atoms with E-state index in [2.05, 4.69) is 47.2 Å². The van der Waals surface area contributed by atoms with Gasteiger partial charge in [-0.1, -0.05) is 91.8 Å². The molecule has 7 heteroatoms. The van der Waals surface area contributed by atoms with Gasteiger partial charge in [0.15, 0.2) is 11.5 Å². The molecule has 1 aliphatic heterocycles. The van der Waals surface area contributed by atoms with Crippen molar-refractivity contribution in [3.8, 4) is 11.5 Å². The van der Waals surface area contributed by atoms with Crippen molar-refractivity contribution in [1.29, 1.82) is 0 Å². The highest BCUT2D eigenvalue weighted by Gasteiger charge is 2.16. The van der Waals surface area contributed by atoms with Crippen molar-refractivity contribution in [2.45, 2.75) is 97.7 Å². The van der Waals surface area contributed by atoms with E-state index in [0.717, 1.165) is 56.0 Å². The number of hydrogen-bond acceptors (Lipinski definition) is 4. The van der Waals surface area contributed by atoms with Gasteiger partial charge in [-0.3, -0.25) is 9.00 Å². The Morgan fingerprint density at radius 2 is 1.65 bits per heavy atom. The van der Waals surface area contributed by atoms with Crippen LogP contribution in [0.2, 0.25) is 0 Å². The van der Waals surface area contributed by atoms with Crippen molar-refractivity contribution in [3.63, 3.8) is 0 Å². The highest BCUT2D eigenvalue weighted by molar-refractivity contribution is 7.96. The van der Waals surface area contributed by atoms with Crippen LogP contribution in [0, 0.1) is 5.92 Å². The summed E-state index contributed by atoms with van der Waals surface area (Å²) in [6, 6.07) is 6.01. The first-order valence-corrected chi connectivity index (χ1v) is 14.8. The lowest BCUT2D eigenvalue weighted by Crippen LogP contribution is -2.31. The molecule has 0 saturated carbocycles. The van der Waals surface area contributed by atoms with Crippen LogP contribution in [0.3, 0.4) is 0 Å². The molecule has 1 aromatic carbocycles. The Hall–Kier alpha value is -1.21. The minimum atomic E-state index is -0.743. The van der Waals surface area contributed by atoms with E-state index in [-0.39, 0.29) is 10.5 Å². The Morgan fingerprint density at radius 3 is 2.29 bits per heavy atom. The van der Waals surface area contributed by atoms with Gasteiger partial charge < -0.3 is 14.4 Å². The van der Waals surface area contributed by atoms with E-state index in [9.17, 15) is 9.00 Å². The van der Waals surface area contributed by atoms with E-state index in [4.69, 9.17) is 9.47 Å². The molecular formula is C27H47NO4S2. The Bertz CT molecular complexity index is 727. The van der Waals surface area contributed by atoms with Gasteiger partial charge in [-0.15, -0.1) is 0 Å². The summed E-state index contributed by atoms with van der Waals surface area (Å²) in [6.07, 6.45) is 10.5. The van der Waals surface area contributed by atoms with E-state index >= 15 is 0 Å². The van der Waals surface area contributed by atoms with Crippen LogP contribution in [0.25, 0.3) is 0 Å². The van der Waals surface area contributed by atoms with Gasteiger partial charge >= 0.3 is 0 Å². The SMILES string of the molecule is CCCCCCCCS(=O)C(C)Cc1ccc2c(c1)OCO2.CCCCN(CC(C)C)C(=O)S. The normalized spacial score (nSPS) is 13.9. The maximum Gasteiger partial charge on any atom is 0.278 e. The van der Waals surface area contributed by atoms with Crippen LogP contribution >= 0.6 is 12.6 Å².